The van der Waals surface area contributed by atoms with Crippen molar-refractivity contribution in [1.29, 1.82) is 0 Å². The van der Waals surface area contributed by atoms with Gasteiger partial charge in [-0.15, -0.1) is 0 Å². The molecule has 0 spiro atoms. The average Bonchev–Trinajstić information content (AvgIpc) is 2.55. The fourth-order valence-corrected chi connectivity index (χ4v) is 2.87. The summed E-state index contributed by atoms with van der Waals surface area (Å²) in [6, 6.07) is 0. The third-order valence-corrected chi connectivity index (χ3v) is 4.40. The molecule has 0 aliphatic heterocycles. The van der Waals surface area contributed by atoms with Crippen molar-refractivity contribution in [2.75, 3.05) is 7.11 Å². The molecule has 1 saturated carbocycles. The zero-order chi connectivity index (χ0) is 12.4. The maximum absolute atomic E-state index is 10.3. The summed E-state index contributed by atoms with van der Waals surface area (Å²) in [5.74, 6) is 0.472. The Labute approximate surface area is 100 Å². The first-order valence-corrected chi connectivity index (χ1v) is 6.52. The number of aliphatic hydroxyl groups excluding tert-OH is 1. The lowest BCUT2D eigenvalue weighted by atomic mass is 9.77. The van der Waals surface area contributed by atoms with Crippen molar-refractivity contribution in [3.8, 4) is 0 Å². The minimum atomic E-state index is -0.160. The molecule has 1 aliphatic carbocycles. The van der Waals surface area contributed by atoms with E-state index in [1.165, 1.54) is 19.3 Å². The van der Waals surface area contributed by atoms with E-state index in [0.717, 1.165) is 12.8 Å². The molecule has 1 rings (SSSR count). The highest BCUT2D eigenvalue weighted by atomic mass is 16.5. The quantitative estimate of drug-likeness (QED) is 0.781. The molecule has 1 aliphatic rings. The fraction of sp³-hybridized carbons (Fsp3) is 1.00. The van der Waals surface area contributed by atoms with Crippen molar-refractivity contribution in [3.63, 3.8) is 0 Å². The summed E-state index contributed by atoms with van der Waals surface area (Å²) in [7, 11) is 1.74. The van der Waals surface area contributed by atoms with E-state index in [9.17, 15) is 5.11 Å². The number of hydrogen-bond donors (Lipinski definition) is 1. The van der Waals surface area contributed by atoms with Gasteiger partial charge in [0.2, 0.25) is 0 Å². The van der Waals surface area contributed by atoms with E-state index in [1.54, 1.807) is 7.11 Å². The summed E-state index contributed by atoms with van der Waals surface area (Å²) >= 11 is 0. The molecule has 2 atom stereocenters. The first-order valence-electron chi connectivity index (χ1n) is 6.52. The highest BCUT2D eigenvalue weighted by molar-refractivity contribution is 4.89. The normalized spacial score (nSPS) is 27.0. The summed E-state index contributed by atoms with van der Waals surface area (Å²) in [4.78, 5) is 0. The number of aliphatic hydroxyl groups is 1. The van der Waals surface area contributed by atoms with Gasteiger partial charge in [0.25, 0.3) is 0 Å². The van der Waals surface area contributed by atoms with E-state index >= 15 is 0 Å². The molecule has 0 aromatic heterocycles. The van der Waals surface area contributed by atoms with E-state index in [2.05, 4.69) is 27.7 Å². The van der Waals surface area contributed by atoms with Gasteiger partial charge in [-0.05, 0) is 50.9 Å². The van der Waals surface area contributed by atoms with E-state index in [4.69, 9.17) is 4.74 Å². The van der Waals surface area contributed by atoms with Crippen LogP contribution in [0.2, 0.25) is 0 Å². The van der Waals surface area contributed by atoms with Crippen LogP contribution in [0.3, 0.4) is 0 Å². The molecule has 1 fully saturated rings. The van der Waals surface area contributed by atoms with Gasteiger partial charge in [-0.25, -0.2) is 0 Å². The van der Waals surface area contributed by atoms with Crippen molar-refractivity contribution in [2.45, 2.75) is 71.5 Å². The molecule has 0 radical (unpaired) electrons. The van der Waals surface area contributed by atoms with E-state index in [-0.39, 0.29) is 11.7 Å². The molecule has 2 heteroatoms. The van der Waals surface area contributed by atoms with Crippen LogP contribution < -0.4 is 0 Å². The lowest BCUT2D eigenvalue weighted by Crippen LogP contribution is -2.32. The van der Waals surface area contributed by atoms with Crippen LogP contribution in [-0.2, 0) is 4.74 Å². The highest BCUT2D eigenvalue weighted by Crippen LogP contribution is 2.45. The monoisotopic (exact) mass is 228 g/mol. The zero-order valence-corrected chi connectivity index (χ0v) is 11.5. The van der Waals surface area contributed by atoms with Crippen LogP contribution in [0.25, 0.3) is 0 Å². The van der Waals surface area contributed by atoms with Gasteiger partial charge in [-0.2, -0.15) is 0 Å². The Morgan fingerprint density at radius 3 is 2.50 bits per heavy atom. The van der Waals surface area contributed by atoms with Crippen LogP contribution in [-0.4, -0.2) is 23.9 Å². The predicted molar refractivity (Wildman–Crippen MR) is 67.5 cm³/mol. The zero-order valence-electron chi connectivity index (χ0n) is 11.5. The van der Waals surface area contributed by atoms with Crippen molar-refractivity contribution >= 4 is 0 Å². The molecular weight excluding hydrogens is 200 g/mol. The van der Waals surface area contributed by atoms with Gasteiger partial charge in [-0.3, -0.25) is 0 Å². The smallest absolute Gasteiger partial charge is 0.0623 e. The Balaban J connectivity index is 2.44. The third kappa shape index (κ3) is 3.46. The van der Waals surface area contributed by atoms with E-state index in [1.807, 2.05) is 0 Å². The van der Waals surface area contributed by atoms with Crippen LogP contribution in [0.1, 0.15) is 59.8 Å². The molecule has 1 N–H and O–H groups in total. The van der Waals surface area contributed by atoms with E-state index < -0.39 is 0 Å². The number of hydrogen-bond acceptors (Lipinski definition) is 2. The van der Waals surface area contributed by atoms with Gasteiger partial charge in [0.15, 0.2) is 0 Å². The number of ether oxygens (including phenoxy) is 1. The van der Waals surface area contributed by atoms with Gasteiger partial charge in [0.05, 0.1) is 11.7 Å². The van der Waals surface area contributed by atoms with Crippen molar-refractivity contribution in [1.82, 2.24) is 0 Å². The molecule has 0 aromatic rings. The predicted octanol–water partition coefficient (Wildman–Crippen LogP) is 3.38. The second-order valence-electron chi connectivity index (χ2n) is 6.56. The molecule has 96 valence electrons. The third-order valence-electron chi connectivity index (χ3n) is 4.40. The Hall–Kier alpha value is -0.0800. The lowest BCUT2D eigenvalue weighted by Gasteiger charge is -2.33. The average molecular weight is 228 g/mol. The first-order chi connectivity index (χ1) is 7.28. The highest BCUT2D eigenvalue weighted by Gasteiger charge is 2.39. The van der Waals surface area contributed by atoms with Crippen LogP contribution in [0, 0.1) is 11.3 Å². The SMILES string of the molecule is COC(C)(C)CCC(O)C1CCCC1(C)C. The van der Waals surface area contributed by atoms with Gasteiger partial charge < -0.3 is 9.84 Å². The van der Waals surface area contributed by atoms with Crippen molar-refractivity contribution in [2.24, 2.45) is 11.3 Å². The topological polar surface area (TPSA) is 29.5 Å². The minimum absolute atomic E-state index is 0.107. The van der Waals surface area contributed by atoms with Crippen LogP contribution in [0.5, 0.6) is 0 Å². The van der Waals surface area contributed by atoms with Crippen LogP contribution >= 0.6 is 0 Å². The molecule has 2 unspecified atom stereocenters. The van der Waals surface area contributed by atoms with Crippen LogP contribution in [0.15, 0.2) is 0 Å². The summed E-state index contributed by atoms with van der Waals surface area (Å²) < 4.78 is 5.39. The molecule has 16 heavy (non-hydrogen) atoms. The molecule has 0 saturated heterocycles. The van der Waals surface area contributed by atoms with Gasteiger partial charge >= 0.3 is 0 Å². The summed E-state index contributed by atoms with van der Waals surface area (Å²) in [6.45, 7) is 8.74. The second-order valence-corrected chi connectivity index (χ2v) is 6.56. The van der Waals surface area contributed by atoms with Crippen molar-refractivity contribution < 1.29 is 9.84 Å². The Morgan fingerprint density at radius 2 is 2.06 bits per heavy atom. The molecule has 0 bridgehead atoms. The summed E-state index contributed by atoms with van der Waals surface area (Å²) in [5, 5.41) is 10.3. The maximum atomic E-state index is 10.3. The number of rotatable bonds is 5. The molecular formula is C14H28O2. The van der Waals surface area contributed by atoms with Gasteiger partial charge in [0.1, 0.15) is 0 Å². The van der Waals surface area contributed by atoms with Gasteiger partial charge in [-0.1, -0.05) is 20.3 Å². The minimum Gasteiger partial charge on any atom is -0.393 e. The molecule has 0 amide bonds. The first kappa shape index (κ1) is 14.0. The fourth-order valence-electron chi connectivity index (χ4n) is 2.87. The molecule has 2 nitrogen and oxygen atoms in total. The van der Waals surface area contributed by atoms with Crippen LogP contribution in [0.4, 0.5) is 0 Å². The van der Waals surface area contributed by atoms with Gasteiger partial charge in [0, 0.05) is 7.11 Å². The Morgan fingerprint density at radius 1 is 1.44 bits per heavy atom. The second kappa shape index (κ2) is 5.05. The molecule has 0 aromatic carbocycles. The lowest BCUT2D eigenvalue weighted by molar-refractivity contribution is -0.0136. The Kier molecular flexibility index (Phi) is 4.42. The summed E-state index contributed by atoms with van der Waals surface area (Å²) in [6.07, 6.45) is 5.32. The van der Waals surface area contributed by atoms with E-state index in [0.29, 0.717) is 11.3 Å². The Bertz CT molecular complexity index is 221. The molecule has 0 heterocycles. The van der Waals surface area contributed by atoms with Crippen molar-refractivity contribution in [3.05, 3.63) is 0 Å². The number of methoxy groups -OCH3 is 1. The standard InChI is InChI=1S/C14H28O2/c1-13(2)9-6-7-11(13)12(15)8-10-14(3,4)16-5/h11-12,15H,6-10H2,1-5H3. The summed E-state index contributed by atoms with van der Waals surface area (Å²) in [5.41, 5.74) is 0.209. The maximum Gasteiger partial charge on any atom is 0.0623 e. The largest absolute Gasteiger partial charge is 0.393 e.